The number of nitrogens with zero attached hydrogens (tertiary/aromatic N) is 1. The summed E-state index contributed by atoms with van der Waals surface area (Å²) in [6.07, 6.45) is 11.1. The summed E-state index contributed by atoms with van der Waals surface area (Å²) in [6.45, 7) is 2.12. The highest BCUT2D eigenvalue weighted by atomic mass is 32.1. The van der Waals surface area contributed by atoms with Gasteiger partial charge in [-0.2, -0.15) is 0 Å². The van der Waals surface area contributed by atoms with Crippen molar-refractivity contribution >= 4 is 11.3 Å². The van der Waals surface area contributed by atoms with E-state index < -0.39 is 0 Å². The lowest BCUT2D eigenvalue weighted by atomic mass is 9.80. The van der Waals surface area contributed by atoms with Crippen LogP contribution in [0, 0.1) is 0 Å². The van der Waals surface area contributed by atoms with Gasteiger partial charge in [0.2, 0.25) is 0 Å². The second kappa shape index (κ2) is 3.67. The molecular formula is C11H14N2S. The summed E-state index contributed by atoms with van der Waals surface area (Å²) in [7, 11) is 0. The van der Waals surface area contributed by atoms with Crippen LogP contribution in [-0.4, -0.2) is 10.5 Å². The fourth-order valence-corrected chi connectivity index (χ4v) is 2.56. The topological polar surface area (TPSA) is 38.9 Å². The van der Waals surface area contributed by atoms with E-state index in [0.717, 1.165) is 11.4 Å². The van der Waals surface area contributed by atoms with E-state index in [2.05, 4.69) is 24.1 Å². The van der Waals surface area contributed by atoms with Gasteiger partial charge >= 0.3 is 0 Å². The minimum absolute atomic E-state index is 0.234. The summed E-state index contributed by atoms with van der Waals surface area (Å²) in [5, 5.41) is 3.10. The molecule has 2 rings (SSSR count). The number of thiazole rings is 1. The zero-order chi connectivity index (χ0) is 10.0. The molecule has 74 valence electrons. The molecule has 0 spiro atoms. The van der Waals surface area contributed by atoms with Crippen LogP contribution in [0.5, 0.6) is 0 Å². The van der Waals surface area contributed by atoms with Gasteiger partial charge in [0, 0.05) is 17.1 Å². The first-order chi connectivity index (χ1) is 6.76. The van der Waals surface area contributed by atoms with Crippen LogP contribution in [0.4, 0.5) is 0 Å². The fraction of sp³-hybridized carbons (Fsp3) is 0.364. The molecule has 0 aliphatic heterocycles. The van der Waals surface area contributed by atoms with Gasteiger partial charge in [0.1, 0.15) is 5.01 Å². The number of rotatable bonds is 2. The Morgan fingerprint density at radius 2 is 2.43 bits per heavy atom. The highest BCUT2D eigenvalue weighted by Gasteiger charge is 2.32. The molecule has 1 heterocycles. The monoisotopic (exact) mass is 206 g/mol. The summed E-state index contributed by atoms with van der Waals surface area (Å²) in [5.74, 6) is 0.234. The second-order valence-corrected chi connectivity index (χ2v) is 4.48. The molecule has 1 unspecified atom stereocenters. The molecule has 0 amide bonds. The van der Waals surface area contributed by atoms with Crippen molar-refractivity contribution < 1.29 is 0 Å². The molecule has 2 N–H and O–H groups in total. The molecule has 0 saturated carbocycles. The molecule has 0 saturated heterocycles. The Kier molecular flexibility index (Phi) is 2.52. The van der Waals surface area contributed by atoms with Crippen molar-refractivity contribution in [2.24, 2.45) is 5.73 Å². The molecule has 0 radical (unpaired) electrons. The Labute approximate surface area is 88.2 Å². The average Bonchev–Trinajstić information content (AvgIpc) is 2.71. The predicted octanol–water partition coefficient (Wildman–Crippen LogP) is 2.46. The van der Waals surface area contributed by atoms with Gasteiger partial charge in [-0.05, 0) is 6.42 Å². The lowest BCUT2D eigenvalue weighted by Gasteiger charge is -2.32. The quantitative estimate of drug-likeness (QED) is 0.807. The molecule has 0 aromatic carbocycles. The van der Waals surface area contributed by atoms with Gasteiger partial charge in [-0.1, -0.05) is 31.2 Å². The number of nitrogens with two attached hydrogens (primary N) is 1. The van der Waals surface area contributed by atoms with Crippen LogP contribution in [0.1, 0.15) is 24.3 Å². The largest absolute Gasteiger partial charge is 0.321 e. The zero-order valence-electron chi connectivity index (χ0n) is 8.18. The fourth-order valence-electron chi connectivity index (χ4n) is 1.73. The minimum Gasteiger partial charge on any atom is -0.321 e. The molecule has 1 aromatic rings. The molecule has 1 aliphatic carbocycles. The van der Waals surface area contributed by atoms with Gasteiger partial charge in [-0.3, -0.25) is 0 Å². The number of allylic oxidation sites excluding steroid dienone is 2. The van der Waals surface area contributed by atoms with Gasteiger partial charge in [0.25, 0.3) is 0 Å². The van der Waals surface area contributed by atoms with E-state index in [1.165, 1.54) is 0 Å². The Morgan fingerprint density at radius 1 is 1.57 bits per heavy atom. The standard InChI is InChI=1S/C11H14N2S/c1-2-11(12)6-4-3-5-9(11)10-13-7-8-14-10/h3-9H,2,12H2,1H3/t9?,11-/m0/s1. The van der Waals surface area contributed by atoms with E-state index in [1.54, 1.807) is 11.3 Å². The van der Waals surface area contributed by atoms with Gasteiger partial charge in [0.05, 0.1) is 5.92 Å². The first kappa shape index (κ1) is 9.62. The lowest BCUT2D eigenvalue weighted by Crippen LogP contribution is -2.43. The maximum atomic E-state index is 6.32. The third kappa shape index (κ3) is 1.53. The van der Waals surface area contributed by atoms with Crippen LogP contribution in [0.3, 0.4) is 0 Å². The first-order valence-corrected chi connectivity index (χ1v) is 5.68. The molecule has 3 heteroatoms. The van der Waals surface area contributed by atoms with Crippen LogP contribution in [-0.2, 0) is 0 Å². The van der Waals surface area contributed by atoms with Crippen molar-refractivity contribution in [1.29, 1.82) is 0 Å². The van der Waals surface area contributed by atoms with Crippen LogP contribution >= 0.6 is 11.3 Å². The van der Waals surface area contributed by atoms with Crippen molar-refractivity contribution in [3.63, 3.8) is 0 Å². The molecule has 1 aromatic heterocycles. The SMILES string of the molecule is CC[C@]1(N)C=CC=CC1c1nccs1. The zero-order valence-corrected chi connectivity index (χ0v) is 9.00. The maximum Gasteiger partial charge on any atom is 0.102 e. The van der Waals surface area contributed by atoms with Crippen LogP contribution < -0.4 is 5.73 Å². The average molecular weight is 206 g/mol. The predicted molar refractivity (Wildman–Crippen MR) is 60.3 cm³/mol. The van der Waals surface area contributed by atoms with Crippen molar-refractivity contribution in [3.8, 4) is 0 Å². The Balaban J connectivity index is 2.34. The van der Waals surface area contributed by atoms with E-state index in [0.29, 0.717) is 0 Å². The normalized spacial score (nSPS) is 30.9. The third-order valence-electron chi connectivity index (χ3n) is 2.73. The Bertz CT molecular complexity index is 353. The molecule has 1 aliphatic rings. The van der Waals surface area contributed by atoms with E-state index in [1.807, 2.05) is 23.7 Å². The highest BCUT2D eigenvalue weighted by molar-refractivity contribution is 7.09. The molecule has 14 heavy (non-hydrogen) atoms. The smallest absolute Gasteiger partial charge is 0.102 e. The minimum atomic E-state index is -0.257. The number of aromatic nitrogens is 1. The molecule has 2 atom stereocenters. The Morgan fingerprint density at radius 3 is 3.07 bits per heavy atom. The summed E-state index contributed by atoms with van der Waals surface area (Å²) in [6, 6.07) is 0. The summed E-state index contributed by atoms with van der Waals surface area (Å²) in [4.78, 5) is 4.34. The van der Waals surface area contributed by atoms with E-state index >= 15 is 0 Å². The van der Waals surface area contributed by atoms with Crippen LogP contribution in [0.25, 0.3) is 0 Å². The number of hydrogen-bond acceptors (Lipinski definition) is 3. The third-order valence-corrected chi connectivity index (χ3v) is 3.59. The molecule has 0 bridgehead atoms. The summed E-state index contributed by atoms with van der Waals surface area (Å²) >= 11 is 1.67. The van der Waals surface area contributed by atoms with Crippen molar-refractivity contribution in [2.75, 3.05) is 0 Å². The highest BCUT2D eigenvalue weighted by Crippen LogP contribution is 2.34. The van der Waals surface area contributed by atoms with Gasteiger partial charge < -0.3 is 5.73 Å². The first-order valence-electron chi connectivity index (χ1n) is 4.80. The van der Waals surface area contributed by atoms with Gasteiger partial charge in [-0.25, -0.2) is 4.98 Å². The second-order valence-electron chi connectivity index (χ2n) is 3.56. The lowest BCUT2D eigenvalue weighted by molar-refractivity contribution is 0.456. The maximum absolute atomic E-state index is 6.32. The molecule has 0 fully saturated rings. The summed E-state index contributed by atoms with van der Waals surface area (Å²) < 4.78 is 0. The van der Waals surface area contributed by atoms with E-state index in [-0.39, 0.29) is 11.5 Å². The van der Waals surface area contributed by atoms with Gasteiger partial charge in [-0.15, -0.1) is 11.3 Å². The van der Waals surface area contributed by atoms with Crippen LogP contribution in [0.2, 0.25) is 0 Å². The van der Waals surface area contributed by atoms with Crippen molar-refractivity contribution in [2.45, 2.75) is 24.8 Å². The van der Waals surface area contributed by atoms with Crippen molar-refractivity contribution in [3.05, 3.63) is 40.9 Å². The molecular weight excluding hydrogens is 192 g/mol. The molecule has 2 nitrogen and oxygen atoms in total. The van der Waals surface area contributed by atoms with E-state index in [4.69, 9.17) is 5.73 Å². The van der Waals surface area contributed by atoms with Gasteiger partial charge in [0.15, 0.2) is 0 Å². The van der Waals surface area contributed by atoms with Crippen LogP contribution in [0.15, 0.2) is 35.9 Å². The van der Waals surface area contributed by atoms with Crippen molar-refractivity contribution in [1.82, 2.24) is 4.98 Å². The number of hydrogen-bond donors (Lipinski definition) is 1. The van der Waals surface area contributed by atoms with E-state index in [9.17, 15) is 0 Å². The Hall–Kier alpha value is -0.930. The summed E-state index contributed by atoms with van der Waals surface area (Å²) in [5.41, 5.74) is 6.07.